The number of carbonyl (C=O) groups is 1. The van der Waals surface area contributed by atoms with Crippen molar-refractivity contribution in [3.63, 3.8) is 0 Å². The maximum absolute atomic E-state index is 12.2. The molecule has 1 aromatic rings. The zero-order valence-electron chi connectivity index (χ0n) is 14.8. The Morgan fingerprint density at radius 3 is 2.77 bits per heavy atom. The standard InChI is InChI=1S/C17H24N4O4S/c1-19-26(23,24)13-15-3-2-9-21(12-15)17(22)20-8-10-25-16-6-4-14(11-18)5-7-16/h4-7,15,19H,2-3,8-10,12-13H2,1H3,(H,20,22). The maximum atomic E-state index is 12.2. The molecule has 1 heterocycles. The van der Waals surface area contributed by atoms with Crippen molar-refractivity contribution in [3.8, 4) is 11.8 Å². The summed E-state index contributed by atoms with van der Waals surface area (Å²) in [6.45, 7) is 1.71. The molecule has 1 aromatic carbocycles. The molecule has 0 spiro atoms. The van der Waals surface area contributed by atoms with Crippen LogP contribution in [-0.4, -0.2) is 58.4 Å². The number of nitrogens with one attached hydrogen (secondary N) is 2. The summed E-state index contributed by atoms with van der Waals surface area (Å²) in [5.74, 6) is 0.616. The van der Waals surface area contributed by atoms with Gasteiger partial charge in [-0.05, 0) is 50.1 Å². The van der Waals surface area contributed by atoms with Gasteiger partial charge in [0.15, 0.2) is 0 Å². The van der Waals surface area contributed by atoms with E-state index in [9.17, 15) is 13.2 Å². The topological polar surface area (TPSA) is 112 Å². The third kappa shape index (κ3) is 6.20. The summed E-state index contributed by atoms with van der Waals surface area (Å²) in [5, 5.41) is 11.5. The van der Waals surface area contributed by atoms with Crippen LogP contribution in [0.3, 0.4) is 0 Å². The molecule has 0 aromatic heterocycles. The number of ether oxygens (including phenoxy) is 1. The predicted octanol–water partition coefficient (Wildman–Crippen LogP) is 0.908. The van der Waals surface area contributed by atoms with Gasteiger partial charge in [-0.15, -0.1) is 0 Å². The van der Waals surface area contributed by atoms with Crippen molar-refractivity contribution >= 4 is 16.1 Å². The van der Waals surface area contributed by atoms with Crippen LogP contribution in [0.2, 0.25) is 0 Å². The van der Waals surface area contributed by atoms with E-state index < -0.39 is 10.0 Å². The predicted molar refractivity (Wildman–Crippen MR) is 97.2 cm³/mol. The van der Waals surface area contributed by atoms with Crippen molar-refractivity contribution in [1.82, 2.24) is 14.9 Å². The first kappa shape index (κ1) is 20.0. The number of urea groups is 1. The third-order valence-electron chi connectivity index (χ3n) is 4.20. The number of piperidine rings is 1. The highest BCUT2D eigenvalue weighted by atomic mass is 32.2. The summed E-state index contributed by atoms with van der Waals surface area (Å²) in [5.41, 5.74) is 0.561. The molecule has 1 atom stereocenters. The second-order valence-electron chi connectivity index (χ2n) is 6.16. The molecule has 1 fully saturated rings. The number of carbonyl (C=O) groups excluding carboxylic acids is 1. The van der Waals surface area contributed by atoms with Crippen LogP contribution in [-0.2, 0) is 10.0 Å². The Labute approximate surface area is 154 Å². The van der Waals surface area contributed by atoms with Crippen LogP contribution >= 0.6 is 0 Å². The zero-order valence-corrected chi connectivity index (χ0v) is 15.6. The van der Waals surface area contributed by atoms with Crippen LogP contribution in [0.4, 0.5) is 4.79 Å². The summed E-state index contributed by atoms with van der Waals surface area (Å²) in [4.78, 5) is 13.9. The van der Waals surface area contributed by atoms with E-state index in [1.165, 1.54) is 7.05 Å². The molecule has 26 heavy (non-hydrogen) atoms. The lowest BCUT2D eigenvalue weighted by Crippen LogP contribution is -2.47. The monoisotopic (exact) mass is 380 g/mol. The van der Waals surface area contributed by atoms with Crippen molar-refractivity contribution in [3.05, 3.63) is 29.8 Å². The number of rotatable bonds is 7. The molecule has 0 aliphatic carbocycles. The van der Waals surface area contributed by atoms with E-state index in [0.29, 0.717) is 37.6 Å². The highest BCUT2D eigenvalue weighted by molar-refractivity contribution is 7.89. The van der Waals surface area contributed by atoms with Gasteiger partial charge in [0.2, 0.25) is 10.0 Å². The number of benzene rings is 1. The van der Waals surface area contributed by atoms with E-state index in [4.69, 9.17) is 10.00 Å². The molecule has 1 unspecified atom stereocenters. The van der Waals surface area contributed by atoms with Crippen LogP contribution < -0.4 is 14.8 Å². The van der Waals surface area contributed by atoms with E-state index in [-0.39, 0.29) is 17.7 Å². The lowest BCUT2D eigenvalue weighted by atomic mass is 10.0. The van der Waals surface area contributed by atoms with Gasteiger partial charge in [0, 0.05) is 13.1 Å². The summed E-state index contributed by atoms with van der Waals surface area (Å²) in [6, 6.07) is 8.57. The Bertz CT molecular complexity index is 743. The summed E-state index contributed by atoms with van der Waals surface area (Å²) >= 11 is 0. The Balaban J connectivity index is 1.72. The zero-order chi connectivity index (χ0) is 19.0. The minimum absolute atomic E-state index is 0.0368. The first-order valence-corrected chi connectivity index (χ1v) is 10.2. The van der Waals surface area contributed by atoms with Crippen LogP contribution in [0.1, 0.15) is 18.4 Å². The molecule has 2 amide bonds. The number of nitrogens with zero attached hydrogens (tertiary/aromatic N) is 2. The van der Waals surface area contributed by atoms with E-state index in [0.717, 1.165) is 12.8 Å². The van der Waals surface area contributed by atoms with Crippen molar-refractivity contribution in [2.75, 3.05) is 39.0 Å². The van der Waals surface area contributed by atoms with Crippen LogP contribution in [0.15, 0.2) is 24.3 Å². The Morgan fingerprint density at radius 1 is 1.38 bits per heavy atom. The van der Waals surface area contributed by atoms with Crippen LogP contribution in [0, 0.1) is 17.2 Å². The fourth-order valence-electron chi connectivity index (χ4n) is 2.84. The maximum Gasteiger partial charge on any atom is 0.317 e. The van der Waals surface area contributed by atoms with Gasteiger partial charge in [0.25, 0.3) is 0 Å². The first-order valence-electron chi connectivity index (χ1n) is 8.50. The number of amides is 2. The van der Waals surface area contributed by atoms with Gasteiger partial charge in [0.1, 0.15) is 12.4 Å². The van der Waals surface area contributed by atoms with Gasteiger partial charge in [-0.25, -0.2) is 17.9 Å². The fraction of sp³-hybridized carbons (Fsp3) is 0.529. The van der Waals surface area contributed by atoms with Crippen molar-refractivity contribution in [1.29, 1.82) is 5.26 Å². The Morgan fingerprint density at radius 2 is 2.12 bits per heavy atom. The van der Waals surface area contributed by atoms with Gasteiger partial charge in [-0.1, -0.05) is 0 Å². The highest BCUT2D eigenvalue weighted by Crippen LogP contribution is 2.18. The molecule has 9 heteroatoms. The van der Waals surface area contributed by atoms with Gasteiger partial charge < -0.3 is 15.0 Å². The lowest BCUT2D eigenvalue weighted by Gasteiger charge is -2.32. The molecule has 1 aliphatic heterocycles. The molecule has 2 rings (SSSR count). The minimum atomic E-state index is -3.27. The van der Waals surface area contributed by atoms with E-state index >= 15 is 0 Å². The van der Waals surface area contributed by atoms with E-state index in [1.807, 2.05) is 6.07 Å². The normalized spacial score (nSPS) is 17.4. The molecule has 2 N–H and O–H groups in total. The third-order valence-corrected chi connectivity index (χ3v) is 5.74. The smallest absolute Gasteiger partial charge is 0.317 e. The number of nitriles is 1. The van der Waals surface area contributed by atoms with E-state index in [1.54, 1.807) is 29.2 Å². The van der Waals surface area contributed by atoms with Gasteiger partial charge >= 0.3 is 6.03 Å². The molecule has 0 bridgehead atoms. The number of hydrogen-bond donors (Lipinski definition) is 2. The summed E-state index contributed by atoms with van der Waals surface area (Å²) < 4.78 is 31.2. The van der Waals surface area contributed by atoms with Crippen molar-refractivity contribution in [2.45, 2.75) is 12.8 Å². The molecule has 0 saturated carbocycles. The first-order chi connectivity index (χ1) is 12.4. The molecular formula is C17H24N4O4S. The van der Waals surface area contributed by atoms with Crippen LogP contribution in [0.25, 0.3) is 0 Å². The molecule has 0 radical (unpaired) electrons. The highest BCUT2D eigenvalue weighted by Gasteiger charge is 2.26. The van der Waals surface area contributed by atoms with Gasteiger partial charge in [0.05, 0.1) is 23.9 Å². The molecule has 142 valence electrons. The Kier molecular flexibility index (Phi) is 7.24. The second kappa shape index (κ2) is 9.40. The summed E-state index contributed by atoms with van der Waals surface area (Å²) in [6.07, 6.45) is 1.59. The second-order valence-corrected chi connectivity index (χ2v) is 8.13. The minimum Gasteiger partial charge on any atom is -0.492 e. The largest absolute Gasteiger partial charge is 0.492 e. The van der Waals surface area contributed by atoms with Gasteiger partial charge in [-0.2, -0.15) is 5.26 Å². The summed E-state index contributed by atoms with van der Waals surface area (Å²) in [7, 11) is -1.87. The molecular weight excluding hydrogens is 356 g/mol. The molecule has 1 aliphatic rings. The van der Waals surface area contributed by atoms with Crippen molar-refractivity contribution in [2.24, 2.45) is 5.92 Å². The van der Waals surface area contributed by atoms with Crippen LogP contribution in [0.5, 0.6) is 5.75 Å². The lowest BCUT2D eigenvalue weighted by molar-refractivity contribution is 0.168. The average Bonchev–Trinajstić information content (AvgIpc) is 2.65. The quantitative estimate of drug-likeness (QED) is 0.683. The van der Waals surface area contributed by atoms with Crippen molar-refractivity contribution < 1.29 is 17.9 Å². The van der Waals surface area contributed by atoms with E-state index in [2.05, 4.69) is 10.0 Å². The molecule has 1 saturated heterocycles. The number of sulfonamides is 1. The Hall–Kier alpha value is -2.31. The fourth-order valence-corrected chi connectivity index (χ4v) is 3.90. The average molecular weight is 380 g/mol. The molecule has 8 nitrogen and oxygen atoms in total. The number of likely N-dealkylation sites (tertiary alicyclic amines) is 1. The number of hydrogen-bond acceptors (Lipinski definition) is 5. The van der Waals surface area contributed by atoms with Gasteiger partial charge in [-0.3, -0.25) is 0 Å². The SMILES string of the molecule is CNS(=O)(=O)CC1CCCN(C(=O)NCCOc2ccc(C#N)cc2)C1.